The van der Waals surface area contributed by atoms with E-state index >= 15 is 0 Å². The number of methoxy groups -OCH3 is 1. The normalized spacial score (nSPS) is 10.7. The maximum absolute atomic E-state index is 12.9. The van der Waals surface area contributed by atoms with Crippen LogP contribution in [0.4, 0.5) is 0 Å². The Bertz CT molecular complexity index is 1360. The van der Waals surface area contributed by atoms with Gasteiger partial charge in [0.05, 0.1) is 24.5 Å². The predicted octanol–water partition coefficient (Wildman–Crippen LogP) is 3.82. The first-order valence-electron chi connectivity index (χ1n) is 9.71. The lowest BCUT2D eigenvalue weighted by atomic mass is 10.0. The van der Waals surface area contributed by atoms with Crippen molar-refractivity contribution in [3.05, 3.63) is 99.3 Å². The molecule has 32 heavy (non-hydrogen) atoms. The zero-order valence-corrected chi connectivity index (χ0v) is 17.8. The average Bonchev–Trinajstić information content (AvgIpc) is 2.82. The molecule has 0 aliphatic heterocycles. The van der Waals surface area contributed by atoms with E-state index in [0.29, 0.717) is 32.6 Å². The highest BCUT2D eigenvalue weighted by Gasteiger charge is 2.15. The smallest absolute Gasteiger partial charge is 0.337 e. The van der Waals surface area contributed by atoms with E-state index in [0.717, 1.165) is 10.4 Å². The third-order valence-electron chi connectivity index (χ3n) is 4.89. The summed E-state index contributed by atoms with van der Waals surface area (Å²) in [6.07, 6.45) is 0.0568. The first-order valence-corrected chi connectivity index (χ1v) is 10.1. The van der Waals surface area contributed by atoms with Crippen molar-refractivity contribution in [2.24, 2.45) is 0 Å². The molecule has 0 bridgehead atoms. The lowest BCUT2D eigenvalue weighted by Gasteiger charge is -2.12. The number of fused-ring (bicyclic) bond motifs is 1. The molecule has 0 radical (unpaired) electrons. The molecule has 160 valence electrons. The fourth-order valence-electron chi connectivity index (χ4n) is 3.31. The molecule has 7 nitrogen and oxygen atoms in total. The quantitative estimate of drug-likeness (QED) is 0.470. The Balaban J connectivity index is 1.71. The van der Waals surface area contributed by atoms with E-state index in [1.807, 2.05) is 0 Å². The van der Waals surface area contributed by atoms with Gasteiger partial charge in [0.15, 0.2) is 0 Å². The van der Waals surface area contributed by atoms with Gasteiger partial charge < -0.3 is 4.74 Å². The predicted molar refractivity (Wildman–Crippen MR) is 122 cm³/mol. The van der Waals surface area contributed by atoms with Gasteiger partial charge in [-0.25, -0.2) is 10.2 Å². The second kappa shape index (κ2) is 9.03. The molecule has 4 aromatic rings. The molecule has 0 fully saturated rings. The van der Waals surface area contributed by atoms with Gasteiger partial charge in [0.1, 0.15) is 5.69 Å². The first kappa shape index (κ1) is 21.3. The number of amides is 1. The van der Waals surface area contributed by atoms with Crippen LogP contribution in [0.2, 0.25) is 5.02 Å². The van der Waals surface area contributed by atoms with Crippen molar-refractivity contribution in [1.82, 2.24) is 9.89 Å². The second-order valence-corrected chi connectivity index (χ2v) is 7.45. The molecule has 0 spiro atoms. The van der Waals surface area contributed by atoms with Crippen LogP contribution in [0, 0.1) is 0 Å². The molecule has 0 atom stereocenters. The topological polar surface area (TPSA) is 90.3 Å². The summed E-state index contributed by atoms with van der Waals surface area (Å²) in [4.78, 5) is 38.2. The zero-order valence-electron chi connectivity index (χ0n) is 17.0. The van der Waals surface area contributed by atoms with Crippen LogP contribution in [-0.4, -0.2) is 28.9 Å². The van der Waals surface area contributed by atoms with E-state index in [1.165, 1.54) is 7.11 Å². The fourth-order valence-corrected chi connectivity index (χ4v) is 3.43. The summed E-state index contributed by atoms with van der Waals surface area (Å²) >= 11 is 5.88. The highest BCUT2D eigenvalue weighted by molar-refractivity contribution is 6.30. The minimum Gasteiger partial charge on any atom is -0.465 e. The van der Waals surface area contributed by atoms with Crippen LogP contribution >= 0.6 is 11.6 Å². The van der Waals surface area contributed by atoms with Crippen LogP contribution < -0.4 is 11.0 Å². The van der Waals surface area contributed by atoms with Crippen molar-refractivity contribution < 1.29 is 14.3 Å². The first-order chi connectivity index (χ1) is 15.5. The molecule has 3 aromatic carbocycles. The van der Waals surface area contributed by atoms with Gasteiger partial charge in [0.25, 0.3) is 5.56 Å². The van der Waals surface area contributed by atoms with Crippen molar-refractivity contribution in [2.75, 3.05) is 12.5 Å². The van der Waals surface area contributed by atoms with Gasteiger partial charge in [0.2, 0.25) is 5.91 Å². The Hall–Kier alpha value is -3.97. The van der Waals surface area contributed by atoms with E-state index in [2.05, 4.69) is 10.5 Å². The van der Waals surface area contributed by atoms with Crippen molar-refractivity contribution in [3.63, 3.8) is 0 Å². The van der Waals surface area contributed by atoms with Crippen LogP contribution in [0.1, 0.15) is 15.9 Å². The molecule has 1 aromatic heterocycles. The third kappa shape index (κ3) is 4.38. The van der Waals surface area contributed by atoms with Gasteiger partial charge in [-0.05, 0) is 35.9 Å². The molecule has 0 saturated carbocycles. The number of carbonyl (C=O) groups excluding carboxylic acids is 2. The number of carbonyl (C=O) groups is 2. The molecule has 0 aliphatic rings. The van der Waals surface area contributed by atoms with Gasteiger partial charge in [-0.15, -0.1) is 9.89 Å². The number of hydrogen-bond acceptors (Lipinski definition) is 5. The summed E-state index contributed by atoms with van der Waals surface area (Å²) in [5, 5.41) is 6.00. The van der Waals surface area contributed by atoms with Crippen LogP contribution in [0.15, 0.2) is 77.6 Å². The molecule has 0 saturated heterocycles. The summed E-state index contributed by atoms with van der Waals surface area (Å²) < 4.78 is 4.73. The SMILES string of the molecule is COC(=O)c1ccc(-c2nn(NC(=O)Cc3ccc(Cl)cc3)c(=O)c3ccccc23)cc1. The number of benzene rings is 3. The van der Waals surface area contributed by atoms with E-state index in [1.54, 1.807) is 72.8 Å². The van der Waals surface area contributed by atoms with Gasteiger partial charge >= 0.3 is 5.97 Å². The zero-order chi connectivity index (χ0) is 22.7. The van der Waals surface area contributed by atoms with Crippen molar-refractivity contribution in [2.45, 2.75) is 6.42 Å². The molecular weight excluding hydrogens is 430 g/mol. The average molecular weight is 448 g/mol. The molecule has 1 heterocycles. The highest BCUT2D eigenvalue weighted by atomic mass is 35.5. The van der Waals surface area contributed by atoms with Gasteiger partial charge in [0, 0.05) is 16.0 Å². The number of nitrogens with one attached hydrogen (secondary N) is 1. The summed E-state index contributed by atoms with van der Waals surface area (Å²) in [6.45, 7) is 0. The van der Waals surface area contributed by atoms with E-state index < -0.39 is 17.4 Å². The minimum atomic E-state index is -0.450. The highest BCUT2D eigenvalue weighted by Crippen LogP contribution is 2.25. The number of nitrogens with zero attached hydrogens (tertiary/aromatic N) is 2. The van der Waals surface area contributed by atoms with Crippen LogP contribution in [0.3, 0.4) is 0 Å². The maximum atomic E-state index is 12.9. The lowest BCUT2D eigenvalue weighted by molar-refractivity contribution is -0.116. The summed E-state index contributed by atoms with van der Waals surface area (Å²) in [6, 6.07) is 20.5. The number of halogens is 1. The van der Waals surface area contributed by atoms with Gasteiger partial charge in [-0.3, -0.25) is 9.59 Å². The third-order valence-corrected chi connectivity index (χ3v) is 5.14. The molecule has 1 amide bonds. The molecule has 1 N–H and O–H groups in total. The molecule has 4 rings (SSSR count). The Kier molecular flexibility index (Phi) is 6.00. The fraction of sp³-hybridized carbons (Fsp3) is 0.0833. The van der Waals surface area contributed by atoms with E-state index in [4.69, 9.17) is 16.3 Å². The molecule has 0 unspecified atom stereocenters. The summed E-state index contributed by atoms with van der Waals surface area (Å²) in [7, 11) is 1.31. The van der Waals surface area contributed by atoms with Crippen molar-refractivity contribution in [1.29, 1.82) is 0 Å². The van der Waals surface area contributed by atoms with Crippen LogP contribution in [0.5, 0.6) is 0 Å². The maximum Gasteiger partial charge on any atom is 0.337 e. The Morgan fingerprint density at radius 1 is 0.969 bits per heavy atom. The van der Waals surface area contributed by atoms with Crippen molar-refractivity contribution in [3.8, 4) is 11.3 Å². The number of ether oxygens (including phenoxy) is 1. The minimum absolute atomic E-state index is 0.0568. The van der Waals surface area contributed by atoms with Gasteiger partial charge in [-0.1, -0.05) is 54.1 Å². The van der Waals surface area contributed by atoms with Crippen molar-refractivity contribution >= 4 is 34.2 Å². The van der Waals surface area contributed by atoms with Crippen LogP contribution in [-0.2, 0) is 16.0 Å². The second-order valence-electron chi connectivity index (χ2n) is 7.02. The number of aromatic nitrogens is 2. The van der Waals surface area contributed by atoms with E-state index in [9.17, 15) is 14.4 Å². The molecular formula is C24H18ClN3O4. The number of esters is 1. The summed E-state index contributed by atoms with van der Waals surface area (Å²) in [5.74, 6) is -0.849. The van der Waals surface area contributed by atoms with Crippen LogP contribution in [0.25, 0.3) is 22.0 Å². The molecule has 8 heteroatoms. The lowest BCUT2D eigenvalue weighted by Crippen LogP contribution is -2.36. The van der Waals surface area contributed by atoms with Gasteiger partial charge in [-0.2, -0.15) is 0 Å². The largest absolute Gasteiger partial charge is 0.465 e. The molecule has 0 aliphatic carbocycles. The number of rotatable bonds is 5. The Labute approximate surface area is 188 Å². The Morgan fingerprint density at radius 3 is 2.28 bits per heavy atom. The monoisotopic (exact) mass is 447 g/mol. The standard InChI is InChI=1S/C24H18ClN3O4/c1-32-24(31)17-10-8-16(9-11-17)22-19-4-2-3-5-20(19)23(30)28(27-22)26-21(29)14-15-6-12-18(25)13-7-15/h2-13H,14H2,1H3,(H,26,29). The number of hydrogen-bond donors (Lipinski definition) is 1. The summed E-state index contributed by atoms with van der Waals surface area (Å²) in [5.41, 5.74) is 4.42. The van der Waals surface area contributed by atoms with E-state index in [-0.39, 0.29) is 6.42 Å². The Morgan fingerprint density at radius 2 is 1.62 bits per heavy atom.